The van der Waals surface area contributed by atoms with Crippen LogP contribution in [0.2, 0.25) is 0 Å². The quantitative estimate of drug-likeness (QED) is 0.780. The standard InChI is InChI=1S/C16H19N5/c1-2-4-14(17)16-11-21(20-19-16)10-12-6-7-15-13(9-12)5-3-8-18-15/h3,5-9,11,14H,2,4,10,17H2,1H3. The summed E-state index contributed by atoms with van der Waals surface area (Å²) >= 11 is 0. The van der Waals surface area contributed by atoms with Gasteiger partial charge in [0.1, 0.15) is 0 Å². The zero-order valence-electron chi connectivity index (χ0n) is 12.1. The van der Waals surface area contributed by atoms with Gasteiger partial charge < -0.3 is 5.73 Å². The summed E-state index contributed by atoms with van der Waals surface area (Å²) < 4.78 is 1.84. The lowest BCUT2D eigenvalue weighted by Gasteiger charge is -2.05. The molecule has 1 aromatic carbocycles. The maximum absolute atomic E-state index is 6.06. The van der Waals surface area contributed by atoms with E-state index >= 15 is 0 Å². The van der Waals surface area contributed by atoms with E-state index in [4.69, 9.17) is 5.73 Å². The Morgan fingerprint density at radius 2 is 2.19 bits per heavy atom. The topological polar surface area (TPSA) is 69.6 Å². The number of fused-ring (bicyclic) bond motifs is 1. The maximum atomic E-state index is 6.06. The third-order valence-corrected chi connectivity index (χ3v) is 3.55. The van der Waals surface area contributed by atoms with Gasteiger partial charge in [-0.25, -0.2) is 4.68 Å². The van der Waals surface area contributed by atoms with Crippen molar-refractivity contribution in [3.63, 3.8) is 0 Å². The molecular formula is C16H19N5. The minimum absolute atomic E-state index is 0.0236. The smallest absolute Gasteiger partial charge is 0.0994 e. The fraction of sp³-hybridized carbons (Fsp3) is 0.312. The minimum Gasteiger partial charge on any atom is -0.323 e. The highest BCUT2D eigenvalue weighted by molar-refractivity contribution is 5.78. The summed E-state index contributed by atoms with van der Waals surface area (Å²) in [5.41, 5.74) is 9.10. The van der Waals surface area contributed by atoms with Gasteiger partial charge >= 0.3 is 0 Å². The fourth-order valence-corrected chi connectivity index (χ4v) is 2.43. The molecule has 21 heavy (non-hydrogen) atoms. The molecule has 0 amide bonds. The average Bonchev–Trinajstić information content (AvgIpc) is 2.96. The molecule has 1 atom stereocenters. The summed E-state index contributed by atoms with van der Waals surface area (Å²) in [6.07, 6.45) is 5.72. The van der Waals surface area contributed by atoms with Gasteiger partial charge in [0, 0.05) is 11.6 Å². The third kappa shape index (κ3) is 3.08. The Morgan fingerprint density at radius 1 is 1.29 bits per heavy atom. The van der Waals surface area contributed by atoms with E-state index in [9.17, 15) is 0 Å². The Labute approximate surface area is 123 Å². The SMILES string of the molecule is CCCC(N)c1cn(Cc2ccc3ncccc3c2)nn1. The molecule has 0 aliphatic heterocycles. The summed E-state index contributed by atoms with van der Waals surface area (Å²) in [4.78, 5) is 4.33. The van der Waals surface area contributed by atoms with E-state index in [1.807, 2.05) is 23.0 Å². The van der Waals surface area contributed by atoms with Crippen molar-refractivity contribution in [2.24, 2.45) is 5.73 Å². The number of aromatic nitrogens is 4. The Hall–Kier alpha value is -2.27. The zero-order chi connectivity index (χ0) is 14.7. The van der Waals surface area contributed by atoms with Crippen LogP contribution in [0.1, 0.15) is 37.1 Å². The van der Waals surface area contributed by atoms with E-state index in [0.717, 1.165) is 29.4 Å². The zero-order valence-corrected chi connectivity index (χ0v) is 12.1. The normalized spacial score (nSPS) is 12.7. The number of rotatable bonds is 5. The molecule has 2 heterocycles. The molecule has 3 aromatic rings. The first kappa shape index (κ1) is 13.7. The van der Waals surface area contributed by atoms with Crippen LogP contribution in [0.5, 0.6) is 0 Å². The van der Waals surface area contributed by atoms with E-state index < -0.39 is 0 Å². The van der Waals surface area contributed by atoms with Crippen molar-refractivity contribution in [2.45, 2.75) is 32.4 Å². The largest absolute Gasteiger partial charge is 0.323 e. The summed E-state index contributed by atoms with van der Waals surface area (Å²) in [6.45, 7) is 2.81. The van der Waals surface area contributed by atoms with Crippen LogP contribution in [-0.4, -0.2) is 20.0 Å². The van der Waals surface area contributed by atoms with Crippen LogP contribution in [0.3, 0.4) is 0 Å². The number of nitrogens with zero attached hydrogens (tertiary/aromatic N) is 4. The second-order valence-corrected chi connectivity index (χ2v) is 5.27. The second kappa shape index (κ2) is 6.01. The molecule has 2 aromatic heterocycles. The lowest BCUT2D eigenvalue weighted by molar-refractivity contribution is 0.617. The lowest BCUT2D eigenvalue weighted by atomic mass is 10.1. The summed E-state index contributed by atoms with van der Waals surface area (Å²) in [6, 6.07) is 10.2. The van der Waals surface area contributed by atoms with Crippen LogP contribution in [0.25, 0.3) is 10.9 Å². The van der Waals surface area contributed by atoms with E-state index in [1.165, 1.54) is 5.56 Å². The molecule has 3 rings (SSSR count). The van der Waals surface area contributed by atoms with E-state index in [0.29, 0.717) is 6.54 Å². The molecular weight excluding hydrogens is 262 g/mol. The summed E-state index contributed by atoms with van der Waals surface area (Å²) in [5.74, 6) is 0. The number of nitrogens with two attached hydrogens (primary N) is 1. The molecule has 2 N–H and O–H groups in total. The van der Waals surface area contributed by atoms with Crippen LogP contribution < -0.4 is 5.73 Å². The van der Waals surface area contributed by atoms with Crippen LogP contribution in [0.15, 0.2) is 42.7 Å². The minimum atomic E-state index is -0.0236. The van der Waals surface area contributed by atoms with Gasteiger partial charge in [0.25, 0.3) is 0 Å². The van der Waals surface area contributed by atoms with Crippen LogP contribution in [0, 0.1) is 0 Å². The van der Waals surface area contributed by atoms with Gasteiger partial charge in [-0.15, -0.1) is 5.10 Å². The van der Waals surface area contributed by atoms with Gasteiger partial charge in [-0.2, -0.15) is 0 Å². The molecule has 0 aliphatic rings. The van der Waals surface area contributed by atoms with Gasteiger partial charge in [-0.05, 0) is 30.2 Å². The maximum Gasteiger partial charge on any atom is 0.0994 e. The van der Waals surface area contributed by atoms with Crippen molar-refractivity contribution < 1.29 is 0 Å². The number of benzene rings is 1. The third-order valence-electron chi connectivity index (χ3n) is 3.55. The Morgan fingerprint density at radius 3 is 3.05 bits per heavy atom. The molecule has 5 nitrogen and oxygen atoms in total. The highest BCUT2D eigenvalue weighted by Crippen LogP contribution is 2.15. The molecule has 0 spiro atoms. The number of hydrogen-bond donors (Lipinski definition) is 1. The van der Waals surface area contributed by atoms with Crippen molar-refractivity contribution in [1.29, 1.82) is 0 Å². The average molecular weight is 281 g/mol. The first-order valence-corrected chi connectivity index (χ1v) is 7.25. The van der Waals surface area contributed by atoms with E-state index in [-0.39, 0.29) is 6.04 Å². The van der Waals surface area contributed by atoms with Crippen molar-refractivity contribution in [3.05, 3.63) is 54.0 Å². The van der Waals surface area contributed by atoms with Crippen molar-refractivity contribution in [2.75, 3.05) is 0 Å². The first-order chi connectivity index (χ1) is 10.3. The van der Waals surface area contributed by atoms with Crippen molar-refractivity contribution in [3.8, 4) is 0 Å². The molecule has 0 aliphatic carbocycles. The van der Waals surface area contributed by atoms with E-state index in [1.54, 1.807) is 6.20 Å². The highest BCUT2D eigenvalue weighted by atomic mass is 15.4. The molecule has 1 unspecified atom stereocenters. The predicted octanol–water partition coefficient (Wildman–Crippen LogP) is 2.67. The molecule has 0 saturated carbocycles. The van der Waals surface area contributed by atoms with Crippen LogP contribution >= 0.6 is 0 Å². The highest BCUT2D eigenvalue weighted by Gasteiger charge is 2.09. The molecule has 0 saturated heterocycles. The summed E-state index contributed by atoms with van der Waals surface area (Å²) in [7, 11) is 0. The first-order valence-electron chi connectivity index (χ1n) is 7.25. The van der Waals surface area contributed by atoms with Gasteiger partial charge in [-0.1, -0.05) is 30.7 Å². The van der Waals surface area contributed by atoms with Gasteiger partial charge in [0.2, 0.25) is 0 Å². The van der Waals surface area contributed by atoms with Gasteiger partial charge in [0.05, 0.1) is 30.0 Å². The number of hydrogen-bond acceptors (Lipinski definition) is 4. The fourth-order valence-electron chi connectivity index (χ4n) is 2.43. The van der Waals surface area contributed by atoms with E-state index in [2.05, 4.69) is 40.4 Å². The van der Waals surface area contributed by atoms with Crippen molar-refractivity contribution in [1.82, 2.24) is 20.0 Å². The Kier molecular flexibility index (Phi) is 3.92. The van der Waals surface area contributed by atoms with Gasteiger partial charge in [0.15, 0.2) is 0 Å². The molecule has 0 bridgehead atoms. The van der Waals surface area contributed by atoms with Crippen LogP contribution in [0.4, 0.5) is 0 Å². The Bertz CT molecular complexity index is 734. The Balaban J connectivity index is 1.78. The van der Waals surface area contributed by atoms with Crippen LogP contribution in [-0.2, 0) is 6.54 Å². The molecule has 5 heteroatoms. The second-order valence-electron chi connectivity index (χ2n) is 5.27. The summed E-state index contributed by atoms with van der Waals surface area (Å²) in [5, 5.41) is 9.47. The predicted molar refractivity (Wildman–Crippen MR) is 82.7 cm³/mol. The number of pyridine rings is 1. The lowest BCUT2D eigenvalue weighted by Crippen LogP contribution is -2.10. The molecule has 108 valence electrons. The molecule has 0 fully saturated rings. The van der Waals surface area contributed by atoms with Crippen molar-refractivity contribution >= 4 is 10.9 Å². The van der Waals surface area contributed by atoms with Gasteiger partial charge in [-0.3, -0.25) is 4.98 Å². The monoisotopic (exact) mass is 281 g/mol. The molecule has 0 radical (unpaired) electrons.